The van der Waals surface area contributed by atoms with E-state index in [1.54, 1.807) is 11.3 Å². The van der Waals surface area contributed by atoms with Crippen LogP contribution in [-0.4, -0.2) is 30.2 Å². The summed E-state index contributed by atoms with van der Waals surface area (Å²) in [5.74, 6) is 0. The highest BCUT2D eigenvalue weighted by Gasteiger charge is 2.25. The summed E-state index contributed by atoms with van der Waals surface area (Å²) >= 11 is 1.75. The Balaban J connectivity index is 1.93. The smallest absolute Gasteiger partial charge is 0.185 e. The van der Waals surface area contributed by atoms with Gasteiger partial charge in [-0.3, -0.25) is 0 Å². The van der Waals surface area contributed by atoms with Gasteiger partial charge in [-0.2, -0.15) is 0 Å². The van der Waals surface area contributed by atoms with Crippen LogP contribution in [0.15, 0.2) is 11.6 Å². The monoisotopic (exact) mass is 225 g/mol. The van der Waals surface area contributed by atoms with Crippen LogP contribution in [0.4, 0.5) is 5.13 Å². The maximum absolute atomic E-state index is 4.39. The van der Waals surface area contributed by atoms with Crippen LogP contribution in [0.5, 0.6) is 0 Å². The molecule has 1 aliphatic heterocycles. The maximum atomic E-state index is 4.39. The third-order valence-electron chi connectivity index (χ3n) is 2.80. The van der Waals surface area contributed by atoms with Crippen LogP contribution in [0.25, 0.3) is 0 Å². The summed E-state index contributed by atoms with van der Waals surface area (Å²) in [6.07, 6.45) is 4.48. The fourth-order valence-corrected chi connectivity index (χ4v) is 2.77. The third kappa shape index (κ3) is 2.69. The van der Waals surface area contributed by atoms with Crippen LogP contribution < -0.4 is 10.2 Å². The first-order valence-electron chi connectivity index (χ1n) is 5.67. The van der Waals surface area contributed by atoms with Crippen molar-refractivity contribution < 1.29 is 0 Å². The fraction of sp³-hybridized carbons (Fsp3) is 0.727. The molecule has 1 aliphatic rings. The zero-order valence-corrected chi connectivity index (χ0v) is 10.3. The Bertz CT molecular complexity index is 284. The predicted octanol–water partition coefficient (Wildman–Crippen LogP) is 2.11. The number of thiazole rings is 1. The number of rotatable bonds is 4. The molecule has 1 saturated heterocycles. The predicted molar refractivity (Wildman–Crippen MR) is 65.6 cm³/mol. The van der Waals surface area contributed by atoms with Crippen LogP contribution in [0.3, 0.4) is 0 Å². The molecule has 1 unspecified atom stereocenters. The Morgan fingerprint density at radius 3 is 3.20 bits per heavy atom. The first kappa shape index (κ1) is 10.9. The molecular weight excluding hydrogens is 206 g/mol. The standard InChI is InChI=1S/C11H19N3S/c1-9(2)13-8-10-4-3-6-14(10)11-12-5-7-15-11/h5,7,9-10,13H,3-4,6,8H2,1-2H3. The number of aromatic nitrogens is 1. The summed E-state index contributed by atoms with van der Waals surface area (Å²) in [6.45, 7) is 6.64. The molecule has 0 radical (unpaired) electrons. The SMILES string of the molecule is CC(C)NCC1CCCN1c1nccs1. The van der Waals surface area contributed by atoms with Gasteiger partial charge in [-0.1, -0.05) is 13.8 Å². The molecule has 3 nitrogen and oxygen atoms in total. The lowest BCUT2D eigenvalue weighted by atomic mass is 10.2. The minimum atomic E-state index is 0.573. The zero-order valence-electron chi connectivity index (χ0n) is 9.44. The van der Waals surface area contributed by atoms with Crippen LogP contribution in [0.2, 0.25) is 0 Å². The molecule has 1 aromatic heterocycles. The van der Waals surface area contributed by atoms with Crippen molar-refractivity contribution in [3.05, 3.63) is 11.6 Å². The molecule has 0 aromatic carbocycles. The highest BCUT2D eigenvalue weighted by Crippen LogP contribution is 2.26. The molecular formula is C11H19N3S. The summed E-state index contributed by atoms with van der Waals surface area (Å²) in [4.78, 5) is 6.84. The average Bonchev–Trinajstić information content (AvgIpc) is 2.85. The molecule has 0 saturated carbocycles. The highest BCUT2D eigenvalue weighted by atomic mass is 32.1. The van der Waals surface area contributed by atoms with Gasteiger partial charge in [0.15, 0.2) is 5.13 Å². The van der Waals surface area contributed by atoms with Crippen molar-refractivity contribution in [1.29, 1.82) is 0 Å². The molecule has 1 atom stereocenters. The van der Waals surface area contributed by atoms with Crippen molar-refractivity contribution in [1.82, 2.24) is 10.3 Å². The fourth-order valence-electron chi connectivity index (χ4n) is 2.03. The summed E-state index contributed by atoms with van der Waals surface area (Å²) in [7, 11) is 0. The Morgan fingerprint density at radius 2 is 2.53 bits per heavy atom. The Kier molecular flexibility index (Phi) is 3.59. The van der Waals surface area contributed by atoms with Gasteiger partial charge in [-0.25, -0.2) is 4.98 Å². The molecule has 0 amide bonds. The van der Waals surface area contributed by atoms with Crippen LogP contribution >= 0.6 is 11.3 Å². The number of hydrogen-bond donors (Lipinski definition) is 1. The van der Waals surface area contributed by atoms with Gasteiger partial charge in [0.05, 0.1) is 0 Å². The van der Waals surface area contributed by atoms with E-state index in [-0.39, 0.29) is 0 Å². The van der Waals surface area contributed by atoms with Gasteiger partial charge in [-0.05, 0) is 12.8 Å². The Morgan fingerprint density at radius 1 is 1.67 bits per heavy atom. The number of nitrogens with one attached hydrogen (secondary N) is 1. The molecule has 4 heteroatoms. The maximum Gasteiger partial charge on any atom is 0.185 e. The molecule has 15 heavy (non-hydrogen) atoms. The molecule has 1 aromatic rings. The van der Waals surface area contributed by atoms with Gasteiger partial charge in [0.2, 0.25) is 0 Å². The lowest BCUT2D eigenvalue weighted by Crippen LogP contribution is -2.40. The highest BCUT2D eigenvalue weighted by molar-refractivity contribution is 7.13. The van der Waals surface area contributed by atoms with Crippen molar-refractivity contribution in [2.75, 3.05) is 18.0 Å². The quantitative estimate of drug-likeness (QED) is 0.850. The molecule has 2 rings (SSSR count). The van der Waals surface area contributed by atoms with E-state index < -0.39 is 0 Å². The second-order valence-corrected chi connectivity index (χ2v) is 5.24. The average molecular weight is 225 g/mol. The lowest BCUT2D eigenvalue weighted by molar-refractivity contribution is 0.523. The number of hydrogen-bond acceptors (Lipinski definition) is 4. The molecule has 0 aliphatic carbocycles. The third-order valence-corrected chi connectivity index (χ3v) is 3.61. The van der Waals surface area contributed by atoms with Gasteiger partial charge in [0.1, 0.15) is 0 Å². The molecule has 84 valence electrons. The van der Waals surface area contributed by atoms with Gasteiger partial charge in [0.25, 0.3) is 0 Å². The van der Waals surface area contributed by atoms with E-state index in [0.29, 0.717) is 12.1 Å². The van der Waals surface area contributed by atoms with E-state index in [1.807, 2.05) is 6.20 Å². The van der Waals surface area contributed by atoms with Gasteiger partial charge >= 0.3 is 0 Å². The van der Waals surface area contributed by atoms with Crippen molar-refractivity contribution in [2.45, 2.75) is 38.8 Å². The van der Waals surface area contributed by atoms with E-state index in [1.165, 1.54) is 18.0 Å². The second-order valence-electron chi connectivity index (χ2n) is 4.37. The molecule has 2 heterocycles. The van der Waals surface area contributed by atoms with Crippen molar-refractivity contribution in [3.8, 4) is 0 Å². The lowest BCUT2D eigenvalue weighted by Gasteiger charge is -2.25. The molecule has 0 bridgehead atoms. The first-order valence-corrected chi connectivity index (χ1v) is 6.55. The minimum Gasteiger partial charge on any atom is -0.344 e. The normalized spacial score (nSPS) is 21.5. The molecule has 0 spiro atoms. The van der Waals surface area contributed by atoms with Gasteiger partial charge in [0, 0.05) is 36.8 Å². The van der Waals surface area contributed by atoms with E-state index in [0.717, 1.165) is 13.1 Å². The van der Waals surface area contributed by atoms with Crippen molar-refractivity contribution in [3.63, 3.8) is 0 Å². The topological polar surface area (TPSA) is 28.2 Å². The van der Waals surface area contributed by atoms with E-state index >= 15 is 0 Å². The number of nitrogens with zero attached hydrogens (tertiary/aromatic N) is 2. The van der Waals surface area contributed by atoms with E-state index in [9.17, 15) is 0 Å². The summed E-state index contributed by atoms with van der Waals surface area (Å²) < 4.78 is 0. The van der Waals surface area contributed by atoms with Crippen molar-refractivity contribution in [2.24, 2.45) is 0 Å². The minimum absolute atomic E-state index is 0.573. The zero-order chi connectivity index (χ0) is 10.7. The van der Waals surface area contributed by atoms with Crippen LogP contribution in [0.1, 0.15) is 26.7 Å². The van der Waals surface area contributed by atoms with Crippen LogP contribution in [0, 0.1) is 0 Å². The van der Waals surface area contributed by atoms with Gasteiger partial charge in [-0.15, -0.1) is 11.3 Å². The second kappa shape index (κ2) is 4.94. The van der Waals surface area contributed by atoms with Gasteiger partial charge < -0.3 is 10.2 Å². The summed E-state index contributed by atoms with van der Waals surface area (Å²) in [6, 6.07) is 1.21. The van der Waals surface area contributed by atoms with E-state index in [2.05, 4.69) is 34.4 Å². The summed E-state index contributed by atoms with van der Waals surface area (Å²) in [5, 5.41) is 6.75. The largest absolute Gasteiger partial charge is 0.344 e. The first-order chi connectivity index (χ1) is 7.27. The Labute approximate surface area is 95.5 Å². The van der Waals surface area contributed by atoms with E-state index in [4.69, 9.17) is 0 Å². The van der Waals surface area contributed by atoms with Crippen molar-refractivity contribution >= 4 is 16.5 Å². The Hall–Kier alpha value is -0.610. The number of anilines is 1. The molecule has 1 N–H and O–H groups in total. The summed E-state index contributed by atoms with van der Waals surface area (Å²) in [5.41, 5.74) is 0. The molecule has 1 fully saturated rings. The van der Waals surface area contributed by atoms with Crippen LogP contribution in [-0.2, 0) is 0 Å².